The van der Waals surface area contributed by atoms with Crippen LogP contribution in [0.5, 0.6) is 0 Å². The molecular formula is C19H23N5S. The van der Waals surface area contributed by atoms with Gasteiger partial charge in [0.05, 0.1) is 17.6 Å². The highest BCUT2D eigenvalue weighted by molar-refractivity contribution is 7.08. The Hall–Kier alpha value is -2.08. The van der Waals surface area contributed by atoms with E-state index in [4.69, 9.17) is 5.10 Å². The van der Waals surface area contributed by atoms with Crippen LogP contribution in [0.15, 0.2) is 29.1 Å². The number of aromatic nitrogens is 3. The smallest absolute Gasteiger partial charge is 0.177 e. The molecule has 0 atom stereocenters. The maximum absolute atomic E-state index is 4.88. The molecule has 3 heterocycles. The Balaban J connectivity index is 1.55. The van der Waals surface area contributed by atoms with Crippen molar-refractivity contribution in [3.05, 3.63) is 29.1 Å². The number of imidazole rings is 1. The van der Waals surface area contributed by atoms with E-state index < -0.39 is 0 Å². The highest BCUT2D eigenvalue weighted by Gasteiger charge is 2.24. The topological polar surface area (TPSA) is 54.2 Å². The van der Waals surface area contributed by atoms with Crippen LogP contribution in [0, 0.1) is 0 Å². The number of hydrogen-bond acceptors (Lipinski definition) is 5. The normalized spacial score (nSPS) is 18.6. The molecule has 2 saturated carbocycles. The first-order chi connectivity index (χ1) is 12.4. The van der Waals surface area contributed by atoms with Crippen molar-refractivity contribution in [2.24, 2.45) is 0 Å². The number of rotatable bonds is 5. The summed E-state index contributed by atoms with van der Waals surface area (Å²) in [7, 11) is 0. The highest BCUT2D eigenvalue weighted by atomic mass is 32.1. The number of fused-ring (bicyclic) bond motifs is 1. The van der Waals surface area contributed by atoms with Gasteiger partial charge in [-0.1, -0.05) is 19.3 Å². The summed E-state index contributed by atoms with van der Waals surface area (Å²) < 4.78 is 2.00. The van der Waals surface area contributed by atoms with Crippen LogP contribution in [0.3, 0.4) is 0 Å². The molecule has 0 aromatic carbocycles. The van der Waals surface area contributed by atoms with Gasteiger partial charge >= 0.3 is 0 Å². The lowest BCUT2D eigenvalue weighted by atomic mass is 9.95. The van der Waals surface area contributed by atoms with Gasteiger partial charge < -0.3 is 10.6 Å². The number of nitrogens with one attached hydrogen (secondary N) is 2. The van der Waals surface area contributed by atoms with Crippen LogP contribution in [-0.4, -0.2) is 26.7 Å². The Morgan fingerprint density at radius 2 is 1.88 bits per heavy atom. The Labute approximate surface area is 151 Å². The van der Waals surface area contributed by atoms with Gasteiger partial charge in [0.2, 0.25) is 0 Å². The average Bonchev–Trinajstić information content (AvgIpc) is 3.10. The summed E-state index contributed by atoms with van der Waals surface area (Å²) >= 11 is 1.70. The van der Waals surface area contributed by atoms with Crippen LogP contribution in [-0.2, 0) is 0 Å². The van der Waals surface area contributed by atoms with Gasteiger partial charge in [0, 0.05) is 29.1 Å². The summed E-state index contributed by atoms with van der Waals surface area (Å²) in [4.78, 5) is 4.66. The third-order valence-electron chi connectivity index (χ3n) is 5.18. The van der Waals surface area contributed by atoms with Crippen molar-refractivity contribution in [1.82, 2.24) is 14.6 Å². The molecule has 130 valence electrons. The van der Waals surface area contributed by atoms with E-state index in [1.807, 2.05) is 10.7 Å². The lowest BCUT2D eigenvalue weighted by Gasteiger charge is -2.23. The first kappa shape index (κ1) is 15.2. The van der Waals surface area contributed by atoms with Gasteiger partial charge in [-0.3, -0.25) is 0 Å². The minimum absolute atomic E-state index is 0.542. The van der Waals surface area contributed by atoms with Crippen molar-refractivity contribution in [1.29, 1.82) is 0 Å². The van der Waals surface area contributed by atoms with Crippen LogP contribution < -0.4 is 10.6 Å². The fourth-order valence-corrected chi connectivity index (χ4v) is 4.31. The summed E-state index contributed by atoms with van der Waals surface area (Å²) in [5, 5.41) is 16.4. The van der Waals surface area contributed by atoms with Gasteiger partial charge in [0.1, 0.15) is 5.82 Å². The number of nitrogens with zero attached hydrogens (tertiary/aromatic N) is 3. The summed E-state index contributed by atoms with van der Waals surface area (Å²) in [6.45, 7) is 0. The van der Waals surface area contributed by atoms with Gasteiger partial charge in [0.15, 0.2) is 5.65 Å². The lowest BCUT2D eigenvalue weighted by Crippen LogP contribution is -2.23. The average molecular weight is 353 g/mol. The molecule has 25 heavy (non-hydrogen) atoms. The van der Waals surface area contributed by atoms with E-state index in [0.717, 1.165) is 22.8 Å². The quantitative estimate of drug-likeness (QED) is 0.693. The predicted molar refractivity (Wildman–Crippen MR) is 103 cm³/mol. The Kier molecular flexibility index (Phi) is 3.85. The molecule has 3 aromatic rings. The first-order valence-electron chi connectivity index (χ1n) is 9.31. The molecular weight excluding hydrogens is 330 g/mol. The van der Waals surface area contributed by atoms with Gasteiger partial charge in [-0.15, -0.1) is 5.10 Å². The van der Waals surface area contributed by atoms with Crippen LogP contribution >= 0.6 is 11.3 Å². The summed E-state index contributed by atoms with van der Waals surface area (Å²) in [6.07, 6.45) is 10.9. The van der Waals surface area contributed by atoms with Crippen molar-refractivity contribution in [3.8, 4) is 11.3 Å². The Morgan fingerprint density at radius 1 is 1.04 bits per heavy atom. The molecule has 2 aliphatic rings. The first-order valence-corrected chi connectivity index (χ1v) is 10.3. The van der Waals surface area contributed by atoms with E-state index in [0.29, 0.717) is 12.1 Å². The van der Waals surface area contributed by atoms with Gasteiger partial charge in [-0.2, -0.15) is 11.3 Å². The van der Waals surface area contributed by atoms with Crippen molar-refractivity contribution in [2.45, 2.75) is 57.0 Å². The molecule has 2 N–H and O–H groups in total. The van der Waals surface area contributed by atoms with Gasteiger partial charge in [0.25, 0.3) is 0 Å². The van der Waals surface area contributed by atoms with E-state index in [-0.39, 0.29) is 0 Å². The minimum atomic E-state index is 0.542. The molecule has 0 bridgehead atoms. The summed E-state index contributed by atoms with van der Waals surface area (Å²) in [6, 6.07) is 5.41. The number of hydrogen-bond donors (Lipinski definition) is 2. The van der Waals surface area contributed by atoms with Gasteiger partial charge in [-0.25, -0.2) is 9.50 Å². The van der Waals surface area contributed by atoms with Crippen LogP contribution in [0.1, 0.15) is 44.9 Å². The summed E-state index contributed by atoms with van der Waals surface area (Å²) in [5.74, 6) is 0.956. The molecule has 5 nitrogen and oxygen atoms in total. The van der Waals surface area contributed by atoms with Crippen LogP contribution in [0.4, 0.5) is 11.5 Å². The number of anilines is 2. The highest BCUT2D eigenvalue weighted by Crippen LogP contribution is 2.31. The van der Waals surface area contributed by atoms with E-state index in [9.17, 15) is 0 Å². The molecule has 6 heteroatoms. The van der Waals surface area contributed by atoms with Crippen molar-refractivity contribution >= 4 is 28.5 Å². The molecule has 0 radical (unpaired) electrons. The number of thiophene rings is 1. The molecule has 0 amide bonds. The molecule has 2 fully saturated rings. The Bertz CT molecular complexity index is 859. The zero-order valence-electron chi connectivity index (χ0n) is 14.2. The monoisotopic (exact) mass is 353 g/mol. The molecule has 2 aliphatic carbocycles. The maximum Gasteiger partial charge on any atom is 0.177 e. The molecule has 0 saturated heterocycles. The largest absolute Gasteiger partial charge is 0.379 e. The third kappa shape index (κ3) is 3.11. The van der Waals surface area contributed by atoms with Crippen molar-refractivity contribution < 1.29 is 0 Å². The van der Waals surface area contributed by atoms with E-state index in [1.165, 1.54) is 50.5 Å². The second-order valence-corrected chi connectivity index (χ2v) is 8.01. The molecule has 0 aliphatic heterocycles. The molecule has 0 unspecified atom stereocenters. The van der Waals surface area contributed by atoms with Crippen LogP contribution in [0.25, 0.3) is 16.9 Å². The zero-order valence-corrected chi connectivity index (χ0v) is 15.1. The SMILES string of the molecule is c1cc(-c2cnc3c(NC4CC4)cc(NC4CCCCC4)nn23)cs1. The third-order valence-corrected chi connectivity index (χ3v) is 5.86. The standard InChI is InChI=1S/C19H23N5S/c1-2-4-14(5-3-1)22-18-10-16(21-15-6-7-15)19-20-11-17(24(19)23-18)13-8-9-25-12-13/h8-12,14-15,21H,1-7H2,(H,22,23). The van der Waals surface area contributed by atoms with E-state index in [1.54, 1.807) is 11.3 Å². The summed E-state index contributed by atoms with van der Waals surface area (Å²) in [5.41, 5.74) is 4.25. The molecule has 5 rings (SSSR count). The van der Waals surface area contributed by atoms with Crippen molar-refractivity contribution in [2.75, 3.05) is 10.6 Å². The van der Waals surface area contributed by atoms with E-state index in [2.05, 4.69) is 38.5 Å². The Morgan fingerprint density at radius 3 is 2.64 bits per heavy atom. The fourth-order valence-electron chi connectivity index (χ4n) is 3.66. The lowest BCUT2D eigenvalue weighted by molar-refractivity contribution is 0.461. The maximum atomic E-state index is 4.88. The second kappa shape index (κ2) is 6.33. The van der Waals surface area contributed by atoms with Gasteiger partial charge in [-0.05, 0) is 37.1 Å². The fraction of sp³-hybridized carbons (Fsp3) is 0.474. The zero-order chi connectivity index (χ0) is 16.6. The van der Waals surface area contributed by atoms with E-state index >= 15 is 0 Å². The predicted octanol–water partition coefficient (Wildman–Crippen LogP) is 4.78. The van der Waals surface area contributed by atoms with Crippen molar-refractivity contribution in [3.63, 3.8) is 0 Å². The second-order valence-electron chi connectivity index (χ2n) is 7.23. The minimum Gasteiger partial charge on any atom is -0.379 e. The molecule has 0 spiro atoms. The van der Waals surface area contributed by atoms with Crippen LogP contribution in [0.2, 0.25) is 0 Å². The molecule has 3 aromatic heterocycles.